The number of aromatic nitrogens is 1. The molecule has 1 fully saturated rings. The lowest BCUT2D eigenvalue weighted by atomic mass is 10.0. The Balaban J connectivity index is 1.24. The number of aryl methyl sites for hydroxylation is 1. The summed E-state index contributed by atoms with van der Waals surface area (Å²) in [7, 11) is -2.97. The second-order valence-electron chi connectivity index (χ2n) is 10.0. The zero-order chi connectivity index (χ0) is 24.7. The third-order valence-electron chi connectivity index (χ3n) is 7.35. The molecule has 5 nitrogen and oxygen atoms in total. The van der Waals surface area contributed by atoms with Crippen LogP contribution >= 0.6 is 0 Å². The van der Waals surface area contributed by atoms with E-state index in [-0.39, 0.29) is 18.2 Å². The standard InChI is InChI=1S/C28H31FN2O3S/c1-17-11-27(30-9-4-10-35(3,32)33)31-15-25(17)19-5-8-26(29)21(12-19)16-34-22-6-7-23-20(13-22)14-24-18(2)28(23)24/h5-8,11-13,15,18,24,28H,4,9-10,14,16H2,1-3H3,(H,30,31)/t18-,24-,28-/m0/s1. The predicted octanol–water partition coefficient (Wildman–Crippen LogP) is 5.53. The average molecular weight is 495 g/mol. The summed E-state index contributed by atoms with van der Waals surface area (Å²) in [4.78, 5) is 4.46. The number of hydrogen-bond donors (Lipinski definition) is 1. The highest BCUT2D eigenvalue weighted by molar-refractivity contribution is 7.90. The lowest BCUT2D eigenvalue weighted by Gasteiger charge is -2.13. The Kier molecular flexibility index (Phi) is 6.30. The van der Waals surface area contributed by atoms with E-state index in [0.29, 0.717) is 24.3 Å². The first-order valence-corrected chi connectivity index (χ1v) is 14.2. The highest BCUT2D eigenvalue weighted by Crippen LogP contribution is 2.61. The molecular weight excluding hydrogens is 463 g/mol. The van der Waals surface area contributed by atoms with Crippen LogP contribution < -0.4 is 10.1 Å². The second-order valence-corrected chi connectivity index (χ2v) is 12.3. The van der Waals surface area contributed by atoms with Gasteiger partial charge in [-0.15, -0.1) is 0 Å². The monoisotopic (exact) mass is 494 g/mol. The maximum Gasteiger partial charge on any atom is 0.147 e. The molecule has 1 heterocycles. The van der Waals surface area contributed by atoms with E-state index >= 15 is 0 Å². The quantitative estimate of drug-likeness (QED) is 0.396. The van der Waals surface area contributed by atoms with Gasteiger partial charge in [0.25, 0.3) is 0 Å². The van der Waals surface area contributed by atoms with Crippen LogP contribution in [0.15, 0.2) is 48.7 Å². The number of hydrogen-bond acceptors (Lipinski definition) is 5. The third-order valence-corrected chi connectivity index (χ3v) is 8.38. The van der Waals surface area contributed by atoms with Crippen molar-refractivity contribution >= 4 is 15.7 Å². The molecule has 0 saturated heterocycles. The summed E-state index contributed by atoms with van der Waals surface area (Å²) in [6.45, 7) is 4.99. The summed E-state index contributed by atoms with van der Waals surface area (Å²) in [6, 6.07) is 13.3. The number of pyridine rings is 1. The lowest BCUT2D eigenvalue weighted by molar-refractivity contribution is 0.299. The smallest absolute Gasteiger partial charge is 0.147 e. The van der Waals surface area contributed by atoms with Gasteiger partial charge in [0.2, 0.25) is 0 Å². The fraction of sp³-hybridized carbons (Fsp3) is 0.393. The Bertz CT molecular complexity index is 1370. The molecule has 2 aliphatic carbocycles. The van der Waals surface area contributed by atoms with Crippen LogP contribution in [0.4, 0.5) is 10.2 Å². The number of halogens is 1. The van der Waals surface area contributed by atoms with Gasteiger partial charge < -0.3 is 10.1 Å². The highest BCUT2D eigenvalue weighted by atomic mass is 32.2. The Morgan fingerprint density at radius 1 is 1.17 bits per heavy atom. The van der Waals surface area contributed by atoms with E-state index in [1.165, 1.54) is 23.4 Å². The number of anilines is 1. The van der Waals surface area contributed by atoms with E-state index in [1.807, 2.05) is 25.1 Å². The van der Waals surface area contributed by atoms with Crippen molar-refractivity contribution in [3.05, 3.63) is 76.7 Å². The Morgan fingerprint density at radius 3 is 2.77 bits per heavy atom. The van der Waals surface area contributed by atoms with Crippen molar-refractivity contribution in [1.29, 1.82) is 0 Å². The van der Waals surface area contributed by atoms with Crippen LogP contribution in [-0.4, -0.2) is 32.0 Å². The fourth-order valence-corrected chi connectivity index (χ4v) is 5.99. The maximum absolute atomic E-state index is 14.6. The molecule has 184 valence electrons. The molecule has 7 heteroatoms. The average Bonchev–Trinajstić information content (AvgIpc) is 3.26. The first-order valence-electron chi connectivity index (χ1n) is 12.1. The van der Waals surface area contributed by atoms with Crippen molar-refractivity contribution in [2.45, 2.75) is 39.2 Å². The SMILES string of the molecule is Cc1cc(NCCCS(C)(=O)=O)ncc1-c1ccc(F)c(COc2ccc3c(c2)C[C@H]2[C@H](C)[C@@H]32)c1. The Labute approximate surface area is 206 Å². The van der Waals surface area contributed by atoms with Crippen LogP contribution in [0.3, 0.4) is 0 Å². The topological polar surface area (TPSA) is 68.3 Å². The van der Waals surface area contributed by atoms with Crippen LogP contribution in [0.2, 0.25) is 0 Å². The summed E-state index contributed by atoms with van der Waals surface area (Å²) in [5, 5.41) is 3.17. The minimum Gasteiger partial charge on any atom is -0.489 e. The molecule has 0 aliphatic heterocycles. The molecule has 1 saturated carbocycles. The van der Waals surface area contributed by atoms with Crippen LogP contribution in [0.5, 0.6) is 5.75 Å². The zero-order valence-corrected chi connectivity index (χ0v) is 21.2. The second kappa shape index (κ2) is 9.26. The van der Waals surface area contributed by atoms with Gasteiger partial charge in [0.05, 0.1) is 5.75 Å². The van der Waals surface area contributed by atoms with Crippen molar-refractivity contribution in [2.24, 2.45) is 11.8 Å². The number of sulfone groups is 1. The van der Waals surface area contributed by atoms with Crippen molar-refractivity contribution in [3.8, 4) is 16.9 Å². The number of fused-ring (bicyclic) bond motifs is 3. The van der Waals surface area contributed by atoms with Gasteiger partial charge in [0.15, 0.2) is 0 Å². The van der Waals surface area contributed by atoms with Gasteiger partial charge in [-0.25, -0.2) is 17.8 Å². The summed E-state index contributed by atoms with van der Waals surface area (Å²) < 4.78 is 43.1. The van der Waals surface area contributed by atoms with Crippen LogP contribution in [-0.2, 0) is 22.9 Å². The van der Waals surface area contributed by atoms with Gasteiger partial charge in [-0.3, -0.25) is 0 Å². The summed E-state index contributed by atoms with van der Waals surface area (Å²) in [5.74, 6) is 3.64. The van der Waals surface area contributed by atoms with Gasteiger partial charge in [0.1, 0.15) is 33.8 Å². The number of rotatable bonds is 9. The van der Waals surface area contributed by atoms with Crippen molar-refractivity contribution in [2.75, 3.05) is 23.9 Å². The van der Waals surface area contributed by atoms with Crippen LogP contribution in [0, 0.1) is 24.6 Å². The number of nitrogens with one attached hydrogen (secondary N) is 1. The Morgan fingerprint density at radius 2 is 2.00 bits per heavy atom. The van der Waals surface area contributed by atoms with Crippen molar-refractivity contribution in [1.82, 2.24) is 4.98 Å². The number of nitrogens with zero attached hydrogens (tertiary/aromatic N) is 1. The first kappa shape index (κ1) is 23.8. The molecule has 2 aromatic carbocycles. The molecule has 0 spiro atoms. The van der Waals surface area contributed by atoms with Gasteiger partial charge in [-0.2, -0.15) is 0 Å². The van der Waals surface area contributed by atoms with Gasteiger partial charge in [-0.05, 0) is 90.1 Å². The normalized spacial score (nSPS) is 20.3. The third kappa shape index (κ3) is 5.20. The molecule has 0 amide bonds. The molecule has 1 N–H and O–H groups in total. The largest absolute Gasteiger partial charge is 0.489 e. The highest BCUT2D eigenvalue weighted by Gasteiger charge is 2.52. The minimum absolute atomic E-state index is 0.142. The number of benzene rings is 2. The van der Waals surface area contributed by atoms with Crippen molar-refractivity contribution < 1.29 is 17.5 Å². The van der Waals surface area contributed by atoms with Crippen molar-refractivity contribution in [3.63, 3.8) is 0 Å². The van der Waals surface area contributed by atoms with Crippen LogP contribution in [0.25, 0.3) is 11.1 Å². The maximum atomic E-state index is 14.6. The summed E-state index contributed by atoms with van der Waals surface area (Å²) in [5.41, 5.74) is 6.12. The molecule has 1 aromatic heterocycles. The number of ether oxygens (including phenoxy) is 1. The fourth-order valence-electron chi connectivity index (χ4n) is 5.32. The van der Waals surface area contributed by atoms with Crippen LogP contribution in [0.1, 0.15) is 41.5 Å². The zero-order valence-electron chi connectivity index (χ0n) is 20.3. The first-order chi connectivity index (χ1) is 16.7. The molecule has 0 radical (unpaired) electrons. The predicted molar refractivity (Wildman–Crippen MR) is 137 cm³/mol. The van der Waals surface area contributed by atoms with Gasteiger partial charge >= 0.3 is 0 Å². The molecule has 5 rings (SSSR count). The summed E-state index contributed by atoms with van der Waals surface area (Å²) in [6.07, 6.45) is 4.64. The van der Waals surface area contributed by atoms with Gasteiger partial charge in [0, 0.05) is 30.1 Å². The van der Waals surface area contributed by atoms with E-state index in [1.54, 1.807) is 12.3 Å². The summed E-state index contributed by atoms with van der Waals surface area (Å²) >= 11 is 0. The molecule has 0 bridgehead atoms. The van der Waals surface area contributed by atoms with E-state index in [4.69, 9.17) is 4.74 Å². The minimum atomic E-state index is -2.97. The van der Waals surface area contributed by atoms with Gasteiger partial charge in [-0.1, -0.05) is 19.1 Å². The molecule has 3 atom stereocenters. The molecule has 2 aliphatic rings. The van der Waals surface area contributed by atoms with E-state index in [0.717, 1.165) is 46.6 Å². The molecule has 35 heavy (non-hydrogen) atoms. The Hall–Kier alpha value is -2.93. The van der Waals surface area contributed by atoms with E-state index in [9.17, 15) is 12.8 Å². The van der Waals surface area contributed by atoms with E-state index in [2.05, 4.69) is 29.4 Å². The molecule has 3 aromatic rings. The van der Waals surface area contributed by atoms with E-state index < -0.39 is 9.84 Å². The molecule has 0 unspecified atom stereocenters. The lowest BCUT2D eigenvalue weighted by Crippen LogP contribution is -2.10. The molecular formula is C28H31FN2O3S.